The lowest BCUT2D eigenvalue weighted by molar-refractivity contribution is 0.0864. The monoisotopic (exact) mass is 362 g/mol. The number of amides is 2. The zero-order valence-electron chi connectivity index (χ0n) is 14.9. The molecule has 1 heterocycles. The smallest absolute Gasteiger partial charge is 0.412 e. The summed E-state index contributed by atoms with van der Waals surface area (Å²) in [5, 5.41) is 16.4. The third-order valence-electron chi connectivity index (χ3n) is 4.07. The molecule has 0 spiro atoms. The maximum atomic E-state index is 12.2. The van der Waals surface area contributed by atoms with Crippen molar-refractivity contribution in [2.75, 3.05) is 19.7 Å². The van der Waals surface area contributed by atoms with E-state index >= 15 is 0 Å². The van der Waals surface area contributed by atoms with Crippen LogP contribution in [0.5, 0.6) is 0 Å². The zero-order chi connectivity index (χ0) is 18.8. The standard InChI is InChI=1S/C18H26N4O4/c1-2-25-18(24)22-16(19)15(14-9-6-10-20-12-14)26-17(23)21-11-13-7-4-3-5-8-13/h3-5,7-8,14-15,20H,2,6,9-12H2,1H3,(H,21,23)(H2,19,22,24). The molecule has 2 unspecified atom stereocenters. The topological polar surface area (TPSA) is 113 Å². The first-order valence-electron chi connectivity index (χ1n) is 8.81. The number of hydrogen-bond acceptors (Lipinski definition) is 6. The Kier molecular flexibility index (Phi) is 7.88. The van der Waals surface area contributed by atoms with Crippen molar-refractivity contribution in [3.05, 3.63) is 35.9 Å². The number of rotatable bonds is 6. The molecule has 8 nitrogen and oxygen atoms in total. The minimum Gasteiger partial charge on any atom is -0.450 e. The summed E-state index contributed by atoms with van der Waals surface area (Å²) in [4.78, 5) is 23.8. The summed E-state index contributed by atoms with van der Waals surface area (Å²) in [6, 6.07) is 9.46. The number of benzene rings is 1. The van der Waals surface area contributed by atoms with E-state index in [4.69, 9.17) is 14.9 Å². The Labute approximate surface area is 153 Å². The maximum absolute atomic E-state index is 12.2. The van der Waals surface area contributed by atoms with E-state index in [0.717, 1.165) is 24.9 Å². The van der Waals surface area contributed by atoms with Crippen molar-refractivity contribution in [2.24, 2.45) is 5.92 Å². The number of carbonyl (C=O) groups excluding carboxylic acids is 2. The van der Waals surface area contributed by atoms with Gasteiger partial charge < -0.3 is 20.1 Å². The van der Waals surface area contributed by atoms with Crippen LogP contribution in [0.4, 0.5) is 9.59 Å². The minimum absolute atomic E-state index is 0.0827. The normalized spacial score (nSPS) is 17.7. The maximum Gasteiger partial charge on any atom is 0.412 e. The lowest BCUT2D eigenvalue weighted by Gasteiger charge is -2.30. The summed E-state index contributed by atoms with van der Waals surface area (Å²) in [6.07, 6.45) is -0.471. The molecule has 0 saturated carbocycles. The molecule has 1 saturated heterocycles. The summed E-state index contributed by atoms with van der Waals surface area (Å²) < 4.78 is 10.3. The van der Waals surface area contributed by atoms with E-state index in [-0.39, 0.29) is 18.4 Å². The highest BCUT2D eigenvalue weighted by atomic mass is 16.6. The molecule has 1 fully saturated rings. The number of nitrogens with one attached hydrogen (secondary N) is 4. The molecule has 26 heavy (non-hydrogen) atoms. The second kappa shape index (κ2) is 10.4. The highest BCUT2D eigenvalue weighted by Crippen LogP contribution is 2.18. The molecule has 2 atom stereocenters. The number of amidine groups is 1. The number of alkyl carbamates (subject to hydrolysis) is 2. The van der Waals surface area contributed by atoms with Crippen LogP contribution in [0.3, 0.4) is 0 Å². The molecule has 0 aromatic heterocycles. The highest BCUT2D eigenvalue weighted by molar-refractivity contribution is 5.97. The van der Waals surface area contributed by atoms with Crippen molar-refractivity contribution in [1.82, 2.24) is 16.0 Å². The fraction of sp³-hybridized carbons (Fsp3) is 0.500. The van der Waals surface area contributed by atoms with Crippen molar-refractivity contribution in [3.8, 4) is 0 Å². The molecule has 1 aromatic rings. The number of piperidine rings is 1. The second-order valence-electron chi connectivity index (χ2n) is 6.03. The van der Waals surface area contributed by atoms with E-state index in [2.05, 4.69) is 16.0 Å². The third kappa shape index (κ3) is 6.36. The predicted octanol–water partition coefficient (Wildman–Crippen LogP) is 2.00. The van der Waals surface area contributed by atoms with Gasteiger partial charge in [0, 0.05) is 19.0 Å². The first-order chi connectivity index (χ1) is 12.6. The van der Waals surface area contributed by atoms with Gasteiger partial charge in [-0.1, -0.05) is 30.3 Å². The van der Waals surface area contributed by atoms with Gasteiger partial charge in [0.15, 0.2) is 6.10 Å². The first-order valence-corrected chi connectivity index (χ1v) is 8.81. The molecule has 0 aliphatic carbocycles. The van der Waals surface area contributed by atoms with Crippen LogP contribution >= 0.6 is 0 Å². The van der Waals surface area contributed by atoms with Gasteiger partial charge in [-0.25, -0.2) is 9.59 Å². The molecule has 4 N–H and O–H groups in total. The van der Waals surface area contributed by atoms with Gasteiger partial charge in [-0.05, 0) is 31.9 Å². The molecule has 2 rings (SSSR count). The van der Waals surface area contributed by atoms with E-state index in [0.29, 0.717) is 13.1 Å². The van der Waals surface area contributed by atoms with Gasteiger partial charge >= 0.3 is 12.2 Å². The summed E-state index contributed by atoms with van der Waals surface area (Å²) in [5.74, 6) is -0.257. The van der Waals surface area contributed by atoms with Crippen LogP contribution in [0.15, 0.2) is 30.3 Å². The molecule has 8 heteroatoms. The lowest BCUT2D eigenvalue weighted by atomic mass is 9.93. The van der Waals surface area contributed by atoms with Gasteiger partial charge in [-0.3, -0.25) is 10.7 Å². The Hall–Kier alpha value is -2.61. The van der Waals surface area contributed by atoms with Crippen molar-refractivity contribution in [3.63, 3.8) is 0 Å². The minimum atomic E-state index is -0.844. The molecule has 1 aliphatic heterocycles. The average Bonchev–Trinajstić information content (AvgIpc) is 2.66. The molecule has 1 aliphatic rings. The van der Waals surface area contributed by atoms with Crippen LogP contribution in [-0.4, -0.2) is 43.8 Å². The van der Waals surface area contributed by atoms with Gasteiger partial charge in [0.05, 0.1) is 6.61 Å². The van der Waals surface area contributed by atoms with Crippen molar-refractivity contribution in [2.45, 2.75) is 32.4 Å². The Morgan fingerprint density at radius 2 is 2.08 bits per heavy atom. The largest absolute Gasteiger partial charge is 0.450 e. The van der Waals surface area contributed by atoms with Crippen molar-refractivity contribution >= 4 is 18.0 Å². The number of hydrogen-bond donors (Lipinski definition) is 4. The molecular formula is C18H26N4O4. The van der Waals surface area contributed by atoms with Gasteiger partial charge in [0.1, 0.15) is 5.84 Å². The van der Waals surface area contributed by atoms with E-state index in [1.165, 1.54) is 0 Å². The fourth-order valence-electron chi connectivity index (χ4n) is 2.80. The molecule has 2 amide bonds. The Bertz CT molecular complexity index is 602. The van der Waals surface area contributed by atoms with Gasteiger partial charge in [-0.2, -0.15) is 0 Å². The average molecular weight is 362 g/mol. The van der Waals surface area contributed by atoms with Crippen LogP contribution in [-0.2, 0) is 16.0 Å². The summed E-state index contributed by atoms with van der Waals surface area (Å²) >= 11 is 0. The van der Waals surface area contributed by atoms with Gasteiger partial charge in [0.25, 0.3) is 0 Å². The quantitative estimate of drug-likeness (QED) is 0.457. The van der Waals surface area contributed by atoms with E-state index in [1.807, 2.05) is 30.3 Å². The molecule has 0 radical (unpaired) electrons. The summed E-state index contributed by atoms with van der Waals surface area (Å²) in [6.45, 7) is 3.71. The fourth-order valence-corrected chi connectivity index (χ4v) is 2.80. The Balaban J connectivity index is 1.94. The summed E-state index contributed by atoms with van der Waals surface area (Å²) in [7, 11) is 0. The van der Waals surface area contributed by atoms with E-state index in [9.17, 15) is 9.59 Å². The van der Waals surface area contributed by atoms with Crippen molar-refractivity contribution in [1.29, 1.82) is 5.41 Å². The predicted molar refractivity (Wildman–Crippen MR) is 97.0 cm³/mol. The van der Waals surface area contributed by atoms with Gasteiger partial charge in [-0.15, -0.1) is 0 Å². The van der Waals surface area contributed by atoms with E-state index < -0.39 is 18.3 Å². The zero-order valence-corrected chi connectivity index (χ0v) is 14.9. The second-order valence-corrected chi connectivity index (χ2v) is 6.03. The first kappa shape index (κ1) is 19.7. The van der Waals surface area contributed by atoms with Crippen LogP contribution in [0, 0.1) is 11.3 Å². The molecule has 142 valence electrons. The molecular weight excluding hydrogens is 336 g/mol. The van der Waals surface area contributed by atoms with Crippen LogP contribution in [0.25, 0.3) is 0 Å². The molecule has 1 aromatic carbocycles. The Morgan fingerprint density at radius 1 is 1.31 bits per heavy atom. The highest BCUT2D eigenvalue weighted by Gasteiger charge is 2.31. The third-order valence-corrected chi connectivity index (χ3v) is 4.07. The lowest BCUT2D eigenvalue weighted by Crippen LogP contribution is -2.49. The molecule has 0 bridgehead atoms. The SMILES string of the molecule is CCOC(=O)NC(=N)C(OC(=O)NCc1ccccc1)C1CCCNC1. The van der Waals surface area contributed by atoms with Gasteiger partial charge in [0.2, 0.25) is 0 Å². The van der Waals surface area contributed by atoms with Crippen LogP contribution in [0.1, 0.15) is 25.3 Å². The van der Waals surface area contributed by atoms with Crippen LogP contribution in [0.2, 0.25) is 0 Å². The van der Waals surface area contributed by atoms with Crippen LogP contribution < -0.4 is 16.0 Å². The number of carbonyl (C=O) groups is 2. The van der Waals surface area contributed by atoms with E-state index in [1.54, 1.807) is 6.92 Å². The Morgan fingerprint density at radius 3 is 2.73 bits per heavy atom. The number of ether oxygens (including phenoxy) is 2. The van der Waals surface area contributed by atoms with Crippen molar-refractivity contribution < 1.29 is 19.1 Å². The summed E-state index contributed by atoms with van der Waals surface area (Å²) in [5.41, 5.74) is 0.944.